The molecule has 1 amide bonds. The van der Waals surface area contributed by atoms with Crippen molar-refractivity contribution >= 4 is 29.3 Å². The molecule has 0 unspecified atom stereocenters. The van der Waals surface area contributed by atoms with E-state index in [1.807, 2.05) is 24.3 Å². The molecular formula is C16H22N2O3S. The van der Waals surface area contributed by atoms with E-state index < -0.39 is 5.25 Å². The van der Waals surface area contributed by atoms with Gasteiger partial charge in [0.05, 0.1) is 17.4 Å². The van der Waals surface area contributed by atoms with E-state index in [9.17, 15) is 9.59 Å². The average molecular weight is 322 g/mol. The Hall–Kier alpha value is -1.53. The van der Waals surface area contributed by atoms with Gasteiger partial charge >= 0.3 is 5.97 Å². The van der Waals surface area contributed by atoms with Gasteiger partial charge in [-0.1, -0.05) is 26.0 Å². The van der Waals surface area contributed by atoms with Gasteiger partial charge in [0.1, 0.15) is 6.61 Å². The van der Waals surface area contributed by atoms with Crippen LogP contribution in [0.15, 0.2) is 29.2 Å². The van der Waals surface area contributed by atoms with Crippen LogP contribution in [-0.4, -0.2) is 48.3 Å². The zero-order chi connectivity index (χ0) is 15.9. The summed E-state index contributed by atoms with van der Waals surface area (Å²) < 4.78 is 5.24. The number of benzene rings is 1. The molecule has 2 rings (SSSR count). The number of carbonyl (C=O) groups is 2. The molecule has 1 atom stereocenters. The molecular weight excluding hydrogens is 300 g/mol. The van der Waals surface area contributed by atoms with E-state index in [0.717, 1.165) is 30.2 Å². The lowest BCUT2D eigenvalue weighted by Gasteiger charge is -2.23. The fraction of sp³-hybridized carbons (Fsp3) is 0.500. The number of rotatable bonds is 7. The number of likely N-dealkylation sites (N-methyl/N-ethyl adjacent to an activating group) is 1. The third-order valence-corrected chi connectivity index (χ3v) is 4.90. The van der Waals surface area contributed by atoms with Gasteiger partial charge in [-0.15, -0.1) is 11.8 Å². The van der Waals surface area contributed by atoms with Crippen molar-refractivity contribution in [1.82, 2.24) is 4.90 Å². The molecule has 1 aliphatic rings. The molecule has 1 aromatic rings. The number of esters is 1. The number of fused-ring (bicyclic) bond motifs is 1. The van der Waals surface area contributed by atoms with Crippen LogP contribution >= 0.6 is 11.8 Å². The van der Waals surface area contributed by atoms with E-state index in [2.05, 4.69) is 24.1 Å². The standard InChI is InChI=1S/C16H22N2O3S/c1-3-18(4-2)9-10-21-15(19)11-14-16(20)17-12-7-5-6-8-13(12)22-14/h5-8,14H,3-4,9-11H2,1-2H3,(H,17,20)/t14-/m1/s1. The Balaban J connectivity index is 1.81. The molecule has 6 heteroatoms. The van der Waals surface area contributed by atoms with Gasteiger partial charge in [-0.05, 0) is 25.2 Å². The molecule has 1 aromatic carbocycles. The number of nitrogens with one attached hydrogen (secondary N) is 1. The van der Waals surface area contributed by atoms with Crippen molar-refractivity contribution < 1.29 is 14.3 Å². The van der Waals surface area contributed by atoms with Gasteiger partial charge in [-0.2, -0.15) is 0 Å². The highest BCUT2D eigenvalue weighted by Crippen LogP contribution is 2.36. The van der Waals surface area contributed by atoms with Gasteiger partial charge in [-0.25, -0.2) is 0 Å². The largest absolute Gasteiger partial charge is 0.464 e. The summed E-state index contributed by atoms with van der Waals surface area (Å²) in [6, 6.07) is 7.60. The first-order valence-corrected chi connectivity index (χ1v) is 8.46. The maximum absolute atomic E-state index is 12.0. The number of amides is 1. The van der Waals surface area contributed by atoms with E-state index in [0.29, 0.717) is 6.61 Å². The van der Waals surface area contributed by atoms with Crippen molar-refractivity contribution in [2.45, 2.75) is 30.4 Å². The summed E-state index contributed by atoms with van der Waals surface area (Å²) in [5.41, 5.74) is 0.809. The molecule has 22 heavy (non-hydrogen) atoms. The highest BCUT2D eigenvalue weighted by Gasteiger charge is 2.29. The van der Waals surface area contributed by atoms with Crippen molar-refractivity contribution in [2.75, 3.05) is 31.6 Å². The first-order chi connectivity index (χ1) is 10.6. The molecule has 0 bridgehead atoms. The van der Waals surface area contributed by atoms with Crippen LogP contribution in [0.1, 0.15) is 20.3 Å². The summed E-state index contributed by atoms with van der Waals surface area (Å²) in [5, 5.41) is 2.41. The number of anilines is 1. The molecule has 1 heterocycles. The molecule has 0 saturated carbocycles. The van der Waals surface area contributed by atoms with Crippen LogP contribution in [0.2, 0.25) is 0 Å². The predicted octanol–water partition coefficient (Wildman–Crippen LogP) is 2.37. The second kappa shape index (κ2) is 8.19. The molecule has 0 fully saturated rings. The summed E-state index contributed by atoms with van der Waals surface area (Å²) >= 11 is 1.42. The van der Waals surface area contributed by atoms with Crippen LogP contribution in [-0.2, 0) is 14.3 Å². The fourth-order valence-electron chi connectivity index (χ4n) is 2.27. The van der Waals surface area contributed by atoms with Gasteiger partial charge in [0, 0.05) is 11.4 Å². The van der Waals surface area contributed by atoms with Crippen molar-refractivity contribution in [3.63, 3.8) is 0 Å². The van der Waals surface area contributed by atoms with Crippen molar-refractivity contribution in [3.05, 3.63) is 24.3 Å². The molecule has 1 aliphatic heterocycles. The van der Waals surface area contributed by atoms with Gasteiger partial charge in [0.15, 0.2) is 0 Å². The maximum atomic E-state index is 12.0. The fourth-order valence-corrected chi connectivity index (χ4v) is 3.36. The van der Waals surface area contributed by atoms with E-state index in [4.69, 9.17) is 4.74 Å². The van der Waals surface area contributed by atoms with E-state index in [1.165, 1.54) is 11.8 Å². The van der Waals surface area contributed by atoms with E-state index in [1.54, 1.807) is 0 Å². The highest BCUT2D eigenvalue weighted by molar-refractivity contribution is 8.01. The van der Waals surface area contributed by atoms with Crippen LogP contribution in [0.4, 0.5) is 5.69 Å². The number of ether oxygens (including phenoxy) is 1. The molecule has 0 aromatic heterocycles. The number of nitrogens with zero attached hydrogens (tertiary/aromatic N) is 1. The Morgan fingerprint density at radius 2 is 2.05 bits per heavy atom. The van der Waals surface area contributed by atoms with Crippen LogP contribution in [0.5, 0.6) is 0 Å². The first kappa shape index (κ1) is 16.8. The molecule has 0 saturated heterocycles. The SMILES string of the molecule is CCN(CC)CCOC(=O)C[C@H]1Sc2ccccc2NC1=O. The number of carbonyl (C=O) groups excluding carboxylic acids is 2. The normalized spacial score (nSPS) is 17.0. The summed E-state index contributed by atoms with van der Waals surface area (Å²) in [6.07, 6.45) is 0.100. The van der Waals surface area contributed by atoms with Crippen LogP contribution in [0.3, 0.4) is 0 Å². The first-order valence-electron chi connectivity index (χ1n) is 7.58. The monoisotopic (exact) mass is 322 g/mol. The Morgan fingerprint density at radius 3 is 2.77 bits per heavy atom. The summed E-state index contributed by atoms with van der Waals surface area (Å²) in [4.78, 5) is 27.1. The third-order valence-electron chi connectivity index (χ3n) is 3.62. The quantitative estimate of drug-likeness (QED) is 0.781. The van der Waals surface area contributed by atoms with Crippen molar-refractivity contribution in [2.24, 2.45) is 0 Å². The minimum atomic E-state index is -0.421. The van der Waals surface area contributed by atoms with Gasteiger partial charge in [0.2, 0.25) is 5.91 Å². The lowest BCUT2D eigenvalue weighted by Crippen LogP contribution is -2.32. The summed E-state index contributed by atoms with van der Waals surface area (Å²) in [6.45, 7) is 7.12. The van der Waals surface area contributed by atoms with Crippen LogP contribution in [0, 0.1) is 0 Å². The van der Waals surface area contributed by atoms with Gasteiger partial charge in [-0.3, -0.25) is 9.59 Å². The number of thioether (sulfide) groups is 1. The molecule has 0 spiro atoms. The van der Waals surface area contributed by atoms with Crippen LogP contribution < -0.4 is 5.32 Å². The number of para-hydroxylation sites is 1. The topological polar surface area (TPSA) is 58.6 Å². The van der Waals surface area contributed by atoms with Gasteiger partial charge in [0.25, 0.3) is 0 Å². The third kappa shape index (κ3) is 4.48. The van der Waals surface area contributed by atoms with Crippen LogP contribution in [0.25, 0.3) is 0 Å². The molecule has 120 valence electrons. The van der Waals surface area contributed by atoms with Crippen molar-refractivity contribution in [1.29, 1.82) is 0 Å². The molecule has 0 aliphatic carbocycles. The summed E-state index contributed by atoms with van der Waals surface area (Å²) in [7, 11) is 0. The minimum absolute atomic E-state index is 0.100. The second-order valence-corrected chi connectivity index (χ2v) is 6.29. The smallest absolute Gasteiger partial charge is 0.307 e. The highest BCUT2D eigenvalue weighted by atomic mass is 32.2. The summed E-state index contributed by atoms with van der Waals surface area (Å²) in [5.74, 6) is -0.455. The van der Waals surface area contributed by atoms with E-state index >= 15 is 0 Å². The lowest BCUT2D eigenvalue weighted by atomic mass is 10.2. The van der Waals surface area contributed by atoms with Crippen molar-refractivity contribution in [3.8, 4) is 0 Å². The molecule has 5 nitrogen and oxygen atoms in total. The molecule has 1 N–H and O–H groups in total. The maximum Gasteiger partial charge on any atom is 0.307 e. The Kier molecular flexibility index (Phi) is 6.27. The van der Waals surface area contributed by atoms with Gasteiger partial charge < -0.3 is 15.0 Å². The Labute approximate surface area is 135 Å². The zero-order valence-corrected chi connectivity index (χ0v) is 13.8. The molecule has 0 radical (unpaired) electrons. The lowest BCUT2D eigenvalue weighted by molar-refractivity contribution is -0.144. The predicted molar refractivity (Wildman–Crippen MR) is 88.1 cm³/mol. The zero-order valence-electron chi connectivity index (χ0n) is 13.0. The average Bonchev–Trinajstić information content (AvgIpc) is 2.52. The number of hydrogen-bond donors (Lipinski definition) is 1. The minimum Gasteiger partial charge on any atom is -0.464 e. The second-order valence-electron chi connectivity index (χ2n) is 5.04. The van der Waals surface area contributed by atoms with E-state index in [-0.39, 0.29) is 18.3 Å². The Bertz CT molecular complexity index is 532. The Morgan fingerprint density at radius 1 is 1.32 bits per heavy atom. The number of hydrogen-bond acceptors (Lipinski definition) is 5.